The van der Waals surface area contributed by atoms with Gasteiger partial charge in [0.2, 0.25) is 0 Å². The first-order valence-electron chi connectivity index (χ1n) is 6.73. The van der Waals surface area contributed by atoms with E-state index in [1.54, 1.807) is 13.1 Å². The molecule has 1 unspecified atom stereocenters. The van der Waals surface area contributed by atoms with Crippen molar-refractivity contribution in [2.75, 3.05) is 0 Å². The van der Waals surface area contributed by atoms with E-state index in [1.807, 2.05) is 19.2 Å². The molecular weight excluding hydrogens is 238 g/mol. The molecule has 19 heavy (non-hydrogen) atoms. The van der Waals surface area contributed by atoms with Gasteiger partial charge in [0.25, 0.3) is 0 Å². The number of hydrogen-bond donors (Lipinski definition) is 2. The van der Waals surface area contributed by atoms with Crippen molar-refractivity contribution in [2.24, 2.45) is 4.99 Å². The number of aromatic nitrogens is 2. The number of aliphatic hydroxyl groups is 1. The normalized spacial score (nSPS) is 15.7. The monoisotopic (exact) mass is 259 g/mol. The predicted octanol–water partition coefficient (Wildman–Crippen LogP) is 3.55. The Labute approximate surface area is 113 Å². The second-order valence-corrected chi connectivity index (χ2v) is 5.03. The molecule has 0 aliphatic rings. The molecule has 2 aromatic heterocycles. The van der Waals surface area contributed by atoms with Crippen LogP contribution in [-0.4, -0.2) is 26.9 Å². The van der Waals surface area contributed by atoms with E-state index in [-0.39, 0.29) is 0 Å². The zero-order valence-electron chi connectivity index (χ0n) is 11.9. The third-order valence-electron chi connectivity index (χ3n) is 3.60. The molecule has 4 heteroatoms. The Morgan fingerprint density at radius 3 is 2.84 bits per heavy atom. The maximum absolute atomic E-state index is 9.58. The highest BCUT2D eigenvalue weighted by Gasteiger charge is 2.15. The fraction of sp³-hybridized carbons (Fsp3) is 0.467. The van der Waals surface area contributed by atoms with Crippen molar-refractivity contribution < 1.29 is 5.11 Å². The molecule has 2 N–H and O–H groups in total. The van der Waals surface area contributed by atoms with Gasteiger partial charge in [0.1, 0.15) is 0 Å². The van der Waals surface area contributed by atoms with Gasteiger partial charge in [-0.3, -0.25) is 9.98 Å². The third kappa shape index (κ3) is 2.68. The summed E-state index contributed by atoms with van der Waals surface area (Å²) in [5, 5.41) is 9.58. The van der Waals surface area contributed by atoms with E-state index in [4.69, 9.17) is 0 Å². The van der Waals surface area contributed by atoms with Gasteiger partial charge in [0, 0.05) is 17.5 Å². The lowest BCUT2D eigenvalue weighted by molar-refractivity contribution is 0.261. The molecule has 0 fully saturated rings. The zero-order valence-corrected chi connectivity index (χ0v) is 11.9. The SMILES string of the molecule is CCC(C)c1c(N=C(C)[C@@H](C)O)cnc2cc[nH]c12. The van der Waals surface area contributed by atoms with Crippen molar-refractivity contribution in [3.63, 3.8) is 0 Å². The summed E-state index contributed by atoms with van der Waals surface area (Å²) in [5.41, 5.74) is 4.75. The average molecular weight is 259 g/mol. The Hall–Kier alpha value is -1.68. The van der Waals surface area contributed by atoms with Crippen molar-refractivity contribution in [3.05, 3.63) is 24.0 Å². The Morgan fingerprint density at radius 2 is 2.21 bits per heavy atom. The molecule has 2 rings (SSSR count). The molecule has 2 atom stereocenters. The van der Waals surface area contributed by atoms with E-state index < -0.39 is 6.10 Å². The first-order chi connectivity index (χ1) is 9.04. The van der Waals surface area contributed by atoms with Crippen LogP contribution in [0, 0.1) is 0 Å². The number of H-pyrrole nitrogens is 1. The summed E-state index contributed by atoms with van der Waals surface area (Å²) in [5.74, 6) is 0.393. The molecule has 2 aromatic rings. The van der Waals surface area contributed by atoms with Crippen LogP contribution < -0.4 is 0 Å². The largest absolute Gasteiger partial charge is 0.387 e. The van der Waals surface area contributed by atoms with Crippen LogP contribution in [0.15, 0.2) is 23.5 Å². The highest BCUT2D eigenvalue weighted by Crippen LogP contribution is 2.34. The van der Waals surface area contributed by atoms with Gasteiger partial charge < -0.3 is 10.1 Å². The summed E-state index contributed by atoms with van der Waals surface area (Å²) in [7, 11) is 0. The van der Waals surface area contributed by atoms with E-state index in [9.17, 15) is 5.11 Å². The molecule has 0 bridgehead atoms. The standard InChI is InChI=1S/C15H21N3O/c1-5-9(2)14-13(18-10(3)11(4)19)8-17-12-6-7-16-15(12)14/h6-9,11,16,19H,5H2,1-4H3/t9?,11-/m1/s1. The van der Waals surface area contributed by atoms with Crippen LogP contribution in [0.3, 0.4) is 0 Å². The Bertz CT molecular complexity index is 598. The van der Waals surface area contributed by atoms with Crippen LogP contribution in [0.2, 0.25) is 0 Å². The van der Waals surface area contributed by atoms with E-state index in [0.717, 1.165) is 23.1 Å². The average Bonchev–Trinajstić information content (AvgIpc) is 2.85. The number of aliphatic hydroxyl groups excluding tert-OH is 1. The topological polar surface area (TPSA) is 61.3 Å². The van der Waals surface area contributed by atoms with Crippen LogP contribution in [-0.2, 0) is 0 Å². The molecule has 4 nitrogen and oxygen atoms in total. The molecule has 2 heterocycles. The van der Waals surface area contributed by atoms with Crippen LogP contribution in [0.25, 0.3) is 11.0 Å². The van der Waals surface area contributed by atoms with Gasteiger partial charge in [-0.1, -0.05) is 13.8 Å². The van der Waals surface area contributed by atoms with Crippen LogP contribution >= 0.6 is 0 Å². The maximum atomic E-state index is 9.58. The predicted molar refractivity (Wildman–Crippen MR) is 79.2 cm³/mol. The van der Waals surface area contributed by atoms with E-state index in [0.29, 0.717) is 11.6 Å². The Morgan fingerprint density at radius 1 is 1.47 bits per heavy atom. The minimum atomic E-state index is -0.538. The Balaban J connectivity index is 2.63. The van der Waals surface area contributed by atoms with Gasteiger partial charge in [0.05, 0.1) is 29.0 Å². The van der Waals surface area contributed by atoms with Gasteiger partial charge in [-0.25, -0.2) is 0 Å². The minimum absolute atomic E-state index is 0.393. The van der Waals surface area contributed by atoms with Gasteiger partial charge in [-0.2, -0.15) is 0 Å². The first-order valence-corrected chi connectivity index (χ1v) is 6.73. The lowest BCUT2D eigenvalue weighted by Gasteiger charge is -2.14. The maximum Gasteiger partial charge on any atom is 0.0890 e. The van der Waals surface area contributed by atoms with Crippen LogP contribution in [0.5, 0.6) is 0 Å². The summed E-state index contributed by atoms with van der Waals surface area (Å²) >= 11 is 0. The van der Waals surface area contributed by atoms with Gasteiger partial charge in [-0.15, -0.1) is 0 Å². The number of nitrogens with zero attached hydrogens (tertiary/aromatic N) is 2. The quantitative estimate of drug-likeness (QED) is 0.825. The summed E-state index contributed by atoms with van der Waals surface area (Å²) in [6.45, 7) is 7.91. The number of rotatable bonds is 4. The molecule has 0 radical (unpaired) electrons. The molecule has 0 amide bonds. The second-order valence-electron chi connectivity index (χ2n) is 5.03. The van der Waals surface area contributed by atoms with Gasteiger partial charge in [-0.05, 0) is 32.3 Å². The summed E-state index contributed by atoms with van der Waals surface area (Å²) in [6, 6.07) is 1.97. The van der Waals surface area contributed by atoms with Crippen molar-refractivity contribution >= 4 is 22.4 Å². The molecule has 0 saturated carbocycles. The number of aliphatic imine (C=N–C) groups is 1. The van der Waals surface area contributed by atoms with Crippen molar-refractivity contribution in [1.29, 1.82) is 0 Å². The smallest absolute Gasteiger partial charge is 0.0890 e. The van der Waals surface area contributed by atoms with E-state index in [2.05, 4.69) is 28.8 Å². The second kappa shape index (κ2) is 5.53. The molecule has 0 aliphatic heterocycles. The fourth-order valence-electron chi connectivity index (χ4n) is 2.09. The number of hydrogen-bond acceptors (Lipinski definition) is 3. The van der Waals surface area contributed by atoms with Crippen molar-refractivity contribution in [2.45, 2.75) is 46.1 Å². The third-order valence-corrected chi connectivity index (χ3v) is 3.60. The van der Waals surface area contributed by atoms with Gasteiger partial charge >= 0.3 is 0 Å². The number of pyridine rings is 1. The minimum Gasteiger partial charge on any atom is -0.387 e. The summed E-state index contributed by atoms with van der Waals surface area (Å²) in [6.07, 6.45) is 4.19. The molecule has 102 valence electrons. The van der Waals surface area contributed by atoms with Crippen molar-refractivity contribution in [1.82, 2.24) is 9.97 Å². The highest BCUT2D eigenvalue weighted by molar-refractivity contribution is 5.90. The van der Waals surface area contributed by atoms with Crippen LogP contribution in [0.4, 0.5) is 5.69 Å². The number of aromatic amines is 1. The lowest BCUT2D eigenvalue weighted by Crippen LogP contribution is -2.11. The zero-order chi connectivity index (χ0) is 14.0. The molecule has 0 aliphatic carbocycles. The molecule has 0 aromatic carbocycles. The Kier molecular flexibility index (Phi) is 4.00. The summed E-state index contributed by atoms with van der Waals surface area (Å²) < 4.78 is 0. The summed E-state index contributed by atoms with van der Waals surface area (Å²) in [4.78, 5) is 12.2. The number of nitrogens with one attached hydrogen (secondary N) is 1. The first kappa shape index (κ1) is 13.7. The van der Waals surface area contributed by atoms with Gasteiger partial charge in [0.15, 0.2) is 0 Å². The number of fused-ring (bicyclic) bond motifs is 1. The highest BCUT2D eigenvalue weighted by atomic mass is 16.3. The van der Waals surface area contributed by atoms with Crippen molar-refractivity contribution in [3.8, 4) is 0 Å². The molecule has 0 spiro atoms. The van der Waals surface area contributed by atoms with E-state index in [1.165, 1.54) is 5.56 Å². The molecule has 0 saturated heterocycles. The van der Waals surface area contributed by atoms with E-state index >= 15 is 0 Å². The lowest BCUT2D eigenvalue weighted by atomic mass is 9.96. The molecular formula is C15H21N3O. The fourth-order valence-corrected chi connectivity index (χ4v) is 2.09. The van der Waals surface area contributed by atoms with Crippen LogP contribution in [0.1, 0.15) is 45.6 Å².